The van der Waals surface area contributed by atoms with Gasteiger partial charge in [-0.2, -0.15) is 0 Å². The first kappa shape index (κ1) is 13.8. The molecule has 2 aromatic rings. The van der Waals surface area contributed by atoms with Crippen molar-refractivity contribution < 1.29 is 19.1 Å². The van der Waals surface area contributed by atoms with Gasteiger partial charge in [0.05, 0.1) is 12.0 Å². The molecule has 0 aliphatic heterocycles. The van der Waals surface area contributed by atoms with Crippen LogP contribution in [0, 0.1) is 0 Å². The van der Waals surface area contributed by atoms with Gasteiger partial charge in [0.15, 0.2) is 0 Å². The van der Waals surface area contributed by atoms with Crippen molar-refractivity contribution in [1.82, 2.24) is 0 Å². The maximum absolute atomic E-state index is 11.6. The van der Waals surface area contributed by atoms with E-state index in [9.17, 15) is 9.59 Å². The molecule has 0 aliphatic rings. The molecule has 0 unspecified atom stereocenters. The Labute approximate surface area is 116 Å². The summed E-state index contributed by atoms with van der Waals surface area (Å²) in [5, 5.41) is 0. The molecule has 0 atom stereocenters. The Morgan fingerprint density at radius 3 is 2.10 bits per heavy atom. The van der Waals surface area contributed by atoms with Gasteiger partial charge >= 0.3 is 11.9 Å². The highest BCUT2D eigenvalue weighted by Crippen LogP contribution is 2.09. The summed E-state index contributed by atoms with van der Waals surface area (Å²) >= 11 is 0. The molecule has 0 aromatic heterocycles. The Balaban J connectivity index is 1.73. The van der Waals surface area contributed by atoms with Crippen LogP contribution in [0.1, 0.15) is 16.8 Å². The van der Waals surface area contributed by atoms with Crippen LogP contribution in [0.15, 0.2) is 60.7 Å². The second-order valence-electron chi connectivity index (χ2n) is 4.04. The van der Waals surface area contributed by atoms with Crippen LogP contribution >= 0.6 is 0 Å². The summed E-state index contributed by atoms with van der Waals surface area (Å²) in [6.07, 6.45) is 0.0213. The highest BCUT2D eigenvalue weighted by molar-refractivity contribution is 5.89. The zero-order chi connectivity index (χ0) is 14.2. The van der Waals surface area contributed by atoms with Gasteiger partial charge in [-0.3, -0.25) is 4.79 Å². The zero-order valence-electron chi connectivity index (χ0n) is 10.8. The summed E-state index contributed by atoms with van der Waals surface area (Å²) in [7, 11) is 0. The maximum atomic E-state index is 11.6. The van der Waals surface area contributed by atoms with Gasteiger partial charge in [0.2, 0.25) is 0 Å². The van der Waals surface area contributed by atoms with Crippen molar-refractivity contribution in [1.29, 1.82) is 0 Å². The molecule has 0 N–H and O–H groups in total. The monoisotopic (exact) mass is 270 g/mol. The molecule has 0 amide bonds. The molecular formula is C16H14O4. The molecule has 0 spiro atoms. The van der Waals surface area contributed by atoms with E-state index in [0.29, 0.717) is 11.3 Å². The molecule has 0 aliphatic carbocycles. The van der Waals surface area contributed by atoms with Crippen LogP contribution in [-0.4, -0.2) is 18.5 Å². The predicted molar refractivity (Wildman–Crippen MR) is 73.4 cm³/mol. The summed E-state index contributed by atoms with van der Waals surface area (Å²) < 4.78 is 10.1. The molecule has 4 nitrogen and oxygen atoms in total. The summed E-state index contributed by atoms with van der Waals surface area (Å²) in [6.45, 7) is -0.000601. The van der Waals surface area contributed by atoms with Gasteiger partial charge in [0.25, 0.3) is 0 Å². The lowest BCUT2D eigenvalue weighted by Crippen LogP contribution is -2.14. The minimum atomic E-state index is -0.446. The van der Waals surface area contributed by atoms with Gasteiger partial charge in [-0.1, -0.05) is 36.4 Å². The Morgan fingerprint density at radius 1 is 0.850 bits per heavy atom. The number of carbonyl (C=O) groups excluding carboxylic acids is 2. The minimum absolute atomic E-state index is 0.000601. The van der Waals surface area contributed by atoms with Crippen molar-refractivity contribution >= 4 is 11.9 Å². The first-order valence-corrected chi connectivity index (χ1v) is 6.23. The number of ether oxygens (including phenoxy) is 2. The first-order valence-electron chi connectivity index (χ1n) is 6.23. The fourth-order valence-electron chi connectivity index (χ4n) is 1.56. The number of rotatable bonds is 5. The van der Waals surface area contributed by atoms with Gasteiger partial charge < -0.3 is 9.47 Å². The summed E-state index contributed by atoms with van der Waals surface area (Å²) in [4.78, 5) is 23.1. The number of carbonyl (C=O) groups is 2. The van der Waals surface area contributed by atoms with Crippen LogP contribution in [0.5, 0.6) is 5.75 Å². The summed E-state index contributed by atoms with van der Waals surface area (Å²) in [5.41, 5.74) is 0.462. The Bertz CT molecular complexity index is 564. The average Bonchev–Trinajstić information content (AvgIpc) is 2.49. The predicted octanol–water partition coefficient (Wildman–Crippen LogP) is 2.84. The van der Waals surface area contributed by atoms with E-state index in [2.05, 4.69) is 0 Å². The molecule has 4 heteroatoms. The minimum Gasteiger partial charge on any atom is -0.461 e. The second kappa shape index (κ2) is 7.09. The van der Waals surface area contributed by atoms with Gasteiger partial charge in [0, 0.05) is 0 Å². The molecule has 102 valence electrons. The molecule has 0 heterocycles. The van der Waals surface area contributed by atoms with Crippen molar-refractivity contribution in [2.45, 2.75) is 6.42 Å². The smallest absolute Gasteiger partial charge is 0.338 e. The molecule has 0 bridgehead atoms. The van der Waals surface area contributed by atoms with Crippen molar-refractivity contribution in [3.63, 3.8) is 0 Å². The third-order valence-corrected chi connectivity index (χ3v) is 2.52. The molecule has 0 saturated heterocycles. The fraction of sp³-hybridized carbons (Fsp3) is 0.125. The lowest BCUT2D eigenvalue weighted by molar-refractivity contribution is -0.135. The summed E-state index contributed by atoms with van der Waals surface area (Å²) in [5.74, 6) is -0.401. The molecule has 20 heavy (non-hydrogen) atoms. The average molecular weight is 270 g/mol. The van der Waals surface area contributed by atoms with Gasteiger partial charge in [-0.15, -0.1) is 0 Å². The van der Waals surface area contributed by atoms with Crippen molar-refractivity contribution in [2.75, 3.05) is 6.61 Å². The molecule has 0 saturated carbocycles. The van der Waals surface area contributed by atoms with E-state index in [1.165, 1.54) is 0 Å². The molecule has 2 rings (SSSR count). The topological polar surface area (TPSA) is 52.6 Å². The zero-order valence-corrected chi connectivity index (χ0v) is 10.8. The quantitative estimate of drug-likeness (QED) is 0.619. The van der Waals surface area contributed by atoms with E-state index in [-0.39, 0.29) is 13.0 Å². The highest BCUT2D eigenvalue weighted by Gasteiger charge is 2.09. The van der Waals surface area contributed by atoms with E-state index in [1.54, 1.807) is 48.5 Å². The van der Waals surface area contributed by atoms with Crippen LogP contribution < -0.4 is 4.74 Å². The highest BCUT2D eigenvalue weighted by atomic mass is 16.5. The first-order chi connectivity index (χ1) is 9.75. The summed E-state index contributed by atoms with van der Waals surface area (Å²) in [6, 6.07) is 17.4. The maximum Gasteiger partial charge on any atom is 0.338 e. The Hall–Kier alpha value is -2.62. The van der Waals surface area contributed by atoms with Crippen LogP contribution in [0.4, 0.5) is 0 Å². The Kier molecular flexibility index (Phi) is 4.89. The van der Waals surface area contributed by atoms with Crippen molar-refractivity contribution in [3.8, 4) is 5.75 Å². The molecule has 0 radical (unpaired) electrons. The molecular weight excluding hydrogens is 256 g/mol. The second-order valence-corrected chi connectivity index (χ2v) is 4.04. The Morgan fingerprint density at radius 2 is 1.45 bits per heavy atom. The van der Waals surface area contributed by atoms with Gasteiger partial charge in [-0.05, 0) is 24.3 Å². The fourth-order valence-corrected chi connectivity index (χ4v) is 1.56. The number of hydrogen-bond acceptors (Lipinski definition) is 4. The van der Waals surface area contributed by atoms with Crippen LogP contribution in [-0.2, 0) is 9.53 Å². The van der Waals surface area contributed by atoms with E-state index in [1.807, 2.05) is 12.1 Å². The van der Waals surface area contributed by atoms with Crippen molar-refractivity contribution in [3.05, 3.63) is 66.2 Å². The normalized spacial score (nSPS) is 9.80. The lowest BCUT2D eigenvalue weighted by atomic mass is 10.2. The molecule has 2 aromatic carbocycles. The van der Waals surface area contributed by atoms with Crippen LogP contribution in [0.3, 0.4) is 0 Å². The van der Waals surface area contributed by atoms with E-state index >= 15 is 0 Å². The largest absolute Gasteiger partial charge is 0.461 e. The van der Waals surface area contributed by atoms with Gasteiger partial charge in [0.1, 0.15) is 12.4 Å². The van der Waals surface area contributed by atoms with Gasteiger partial charge in [-0.25, -0.2) is 4.79 Å². The SMILES string of the molecule is O=C(CCOC(=O)c1ccccc1)Oc1ccccc1. The number of para-hydroxylation sites is 1. The van der Waals surface area contributed by atoms with E-state index in [0.717, 1.165) is 0 Å². The van der Waals surface area contributed by atoms with Crippen LogP contribution in [0.2, 0.25) is 0 Å². The number of esters is 2. The van der Waals surface area contributed by atoms with E-state index in [4.69, 9.17) is 9.47 Å². The molecule has 0 fully saturated rings. The standard InChI is InChI=1S/C16H14O4/c17-15(20-14-9-5-2-6-10-14)11-12-19-16(18)13-7-3-1-4-8-13/h1-10H,11-12H2. The van der Waals surface area contributed by atoms with Crippen molar-refractivity contribution in [2.24, 2.45) is 0 Å². The number of benzene rings is 2. The van der Waals surface area contributed by atoms with Crippen LogP contribution in [0.25, 0.3) is 0 Å². The van der Waals surface area contributed by atoms with E-state index < -0.39 is 11.9 Å². The lowest BCUT2D eigenvalue weighted by Gasteiger charge is -2.05. The number of hydrogen-bond donors (Lipinski definition) is 0. The third-order valence-electron chi connectivity index (χ3n) is 2.52. The third kappa shape index (κ3) is 4.24.